The highest BCUT2D eigenvalue weighted by atomic mass is 16.3. The van der Waals surface area contributed by atoms with Crippen LogP contribution in [0, 0.1) is 5.92 Å². The van der Waals surface area contributed by atoms with Gasteiger partial charge in [0.25, 0.3) is 0 Å². The van der Waals surface area contributed by atoms with E-state index < -0.39 is 0 Å². The van der Waals surface area contributed by atoms with E-state index in [1.165, 1.54) is 0 Å². The lowest BCUT2D eigenvalue weighted by molar-refractivity contribution is 0.149. The van der Waals surface area contributed by atoms with Crippen molar-refractivity contribution in [3.63, 3.8) is 0 Å². The summed E-state index contributed by atoms with van der Waals surface area (Å²) in [4.78, 5) is 2.23. The van der Waals surface area contributed by atoms with Crippen LogP contribution in [0.2, 0.25) is 0 Å². The third-order valence-corrected chi connectivity index (χ3v) is 2.31. The molecule has 0 radical (unpaired) electrons. The predicted molar refractivity (Wildman–Crippen MR) is 45.5 cm³/mol. The minimum absolute atomic E-state index is 0.260. The Bertz CT molecular complexity index is 119. The Morgan fingerprint density at radius 3 is 2.91 bits per heavy atom. The van der Waals surface area contributed by atoms with Crippen molar-refractivity contribution >= 4 is 0 Å². The van der Waals surface area contributed by atoms with Gasteiger partial charge in [-0.1, -0.05) is 6.92 Å². The van der Waals surface area contributed by atoms with Crippen LogP contribution in [0.1, 0.15) is 6.92 Å². The lowest BCUT2D eigenvalue weighted by Gasteiger charge is -2.24. The molecule has 0 aromatic heterocycles. The molecule has 3 nitrogen and oxygen atoms in total. The number of nitrogens with zero attached hydrogens (tertiary/aromatic N) is 1. The van der Waals surface area contributed by atoms with Gasteiger partial charge in [0.1, 0.15) is 0 Å². The lowest BCUT2D eigenvalue weighted by Crippen LogP contribution is -2.39. The van der Waals surface area contributed by atoms with E-state index in [-0.39, 0.29) is 6.61 Å². The minimum atomic E-state index is 0.260. The number of nitrogens with one attached hydrogen (secondary N) is 1. The van der Waals surface area contributed by atoms with Crippen LogP contribution in [0.15, 0.2) is 0 Å². The topological polar surface area (TPSA) is 35.5 Å². The summed E-state index contributed by atoms with van der Waals surface area (Å²) in [6.45, 7) is 5.55. The Morgan fingerprint density at radius 2 is 2.27 bits per heavy atom. The maximum Gasteiger partial charge on any atom is 0.0599 e. The number of aliphatic hydroxyl groups excluding tert-OH is 1. The molecular weight excluding hydrogens is 140 g/mol. The van der Waals surface area contributed by atoms with E-state index in [2.05, 4.69) is 24.2 Å². The SMILES string of the molecule is CC1CNCC(CO)N(C)C1. The highest BCUT2D eigenvalue weighted by Crippen LogP contribution is 2.04. The fraction of sp³-hybridized carbons (Fsp3) is 1.00. The molecule has 2 atom stereocenters. The van der Waals surface area contributed by atoms with E-state index in [9.17, 15) is 0 Å². The third kappa shape index (κ3) is 2.43. The summed E-state index contributed by atoms with van der Waals surface area (Å²) in [5.74, 6) is 0.691. The van der Waals surface area contributed by atoms with Crippen molar-refractivity contribution in [3.05, 3.63) is 0 Å². The van der Waals surface area contributed by atoms with Crippen LogP contribution in [-0.4, -0.2) is 49.3 Å². The molecule has 0 spiro atoms. The number of hydrogen-bond acceptors (Lipinski definition) is 3. The summed E-state index contributed by atoms with van der Waals surface area (Å²) in [5, 5.41) is 12.3. The van der Waals surface area contributed by atoms with Gasteiger partial charge in [-0.2, -0.15) is 0 Å². The van der Waals surface area contributed by atoms with E-state index >= 15 is 0 Å². The van der Waals surface area contributed by atoms with E-state index in [1.54, 1.807) is 0 Å². The minimum Gasteiger partial charge on any atom is -0.395 e. The van der Waals surface area contributed by atoms with Gasteiger partial charge < -0.3 is 10.4 Å². The van der Waals surface area contributed by atoms with E-state index in [4.69, 9.17) is 5.11 Å². The van der Waals surface area contributed by atoms with Gasteiger partial charge in [0.05, 0.1) is 6.61 Å². The average Bonchev–Trinajstić information content (AvgIpc) is 2.11. The highest BCUT2D eigenvalue weighted by Gasteiger charge is 2.19. The molecule has 1 rings (SSSR count). The molecule has 3 heteroatoms. The second kappa shape index (κ2) is 4.04. The Kier molecular flexibility index (Phi) is 3.30. The van der Waals surface area contributed by atoms with Crippen molar-refractivity contribution in [1.82, 2.24) is 10.2 Å². The van der Waals surface area contributed by atoms with Gasteiger partial charge >= 0.3 is 0 Å². The van der Waals surface area contributed by atoms with E-state index in [0.717, 1.165) is 19.6 Å². The molecule has 0 aliphatic carbocycles. The van der Waals surface area contributed by atoms with Crippen LogP contribution in [0.3, 0.4) is 0 Å². The predicted octanol–water partition coefficient (Wildman–Crippen LogP) is -0.482. The average molecular weight is 158 g/mol. The molecule has 0 amide bonds. The molecule has 2 unspecified atom stereocenters. The van der Waals surface area contributed by atoms with Gasteiger partial charge in [0, 0.05) is 19.1 Å². The Balaban J connectivity index is 2.43. The van der Waals surface area contributed by atoms with Gasteiger partial charge in [-0.25, -0.2) is 0 Å². The summed E-state index contributed by atoms with van der Waals surface area (Å²) in [7, 11) is 2.07. The number of rotatable bonds is 1. The molecule has 1 heterocycles. The van der Waals surface area contributed by atoms with Crippen LogP contribution in [0.25, 0.3) is 0 Å². The number of likely N-dealkylation sites (N-methyl/N-ethyl adjacent to an activating group) is 1. The van der Waals surface area contributed by atoms with Gasteiger partial charge in [-0.3, -0.25) is 4.90 Å². The summed E-state index contributed by atoms with van der Waals surface area (Å²) in [5.41, 5.74) is 0. The third-order valence-electron chi connectivity index (χ3n) is 2.31. The van der Waals surface area contributed by atoms with Crippen LogP contribution < -0.4 is 5.32 Å². The van der Waals surface area contributed by atoms with Gasteiger partial charge in [0.15, 0.2) is 0 Å². The fourth-order valence-electron chi connectivity index (χ4n) is 1.56. The van der Waals surface area contributed by atoms with E-state index in [0.29, 0.717) is 12.0 Å². The smallest absolute Gasteiger partial charge is 0.0599 e. The fourth-order valence-corrected chi connectivity index (χ4v) is 1.56. The van der Waals surface area contributed by atoms with Crippen molar-refractivity contribution in [1.29, 1.82) is 0 Å². The van der Waals surface area contributed by atoms with Gasteiger partial charge in [-0.15, -0.1) is 0 Å². The molecule has 1 fully saturated rings. The van der Waals surface area contributed by atoms with Crippen molar-refractivity contribution in [2.24, 2.45) is 5.92 Å². The number of hydrogen-bond donors (Lipinski definition) is 2. The van der Waals surface area contributed by atoms with Crippen molar-refractivity contribution in [3.8, 4) is 0 Å². The normalized spacial score (nSPS) is 35.2. The Morgan fingerprint density at radius 1 is 1.55 bits per heavy atom. The van der Waals surface area contributed by atoms with Crippen LogP contribution >= 0.6 is 0 Å². The first kappa shape index (κ1) is 8.97. The van der Waals surface area contributed by atoms with E-state index in [1.807, 2.05) is 0 Å². The summed E-state index contributed by atoms with van der Waals surface area (Å²) >= 11 is 0. The quantitative estimate of drug-likeness (QED) is 0.541. The Hall–Kier alpha value is -0.120. The van der Waals surface area contributed by atoms with Crippen LogP contribution in [0.4, 0.5) is 0 Å². The molecule has 1 aliphatic heterocycles. The molecule has 0 aromatic carbocycles. The summed E-state index contributed by atoms with van der Waals surface area (Å²) in [6.07, 6.45) is 0. The zero-order valence-corrected chi connectivity index (χ0v) is 7.38. The summed E-state index contributed by atoms with van der Waals surface area (Å²) < 4.78 is 0. The molecule has 0 aromatic rings. The molecule has 0 saturated carbocycles. The van der Waals surface area contributed by atoms with Crippen LogP contribution in [-0.2, 0) is 0 Å². The number of aliphatic hydroxyl groups is 1. The lowest BCUT2D eigenvalue weighted by atomic mass is 10.2. The second-order valence-electron chi connectivity index (χ2n) is 3.54. The first-order valence-corrected chi connectivity index (χ1v) is 4.26. The first-order valence-electron chi connectivity index (χ1n) is 4.26. The highest BCUT2D eigenvalue weighted by molar-refractivity contribution is 4.77. The van der Waals surface area contributed by atoms with Crippen molar-refractivity contribution < 1.29 is 5.11 Å². The summed E-state index contributed by atoms with van der Waals surface area (Å²) in [6, 6.07) is 0.306. The first-order chi connectivity index (χ1) is 5.24. The molecule has 11 heavy (non-hydrogen) atoms. The zero-order chi connectivity index (χ0) is 8.27. The largest absolute Gasteiger partial charge is 0.395 e. The molecular formula is C8H18N2O. The van der Waals surface area contributed by atoms with Crippen LogP contribution in [0.5, 0.6) is 0 Å². The monoisotopic (exact) mass is 158 g/mol. The van der Waals surface area contributed by atoms with Crippen molar-refractivity contribution in [2.75, 3.05) is 33.3 Å². The van der Waals surface area contributed by atoms with Gasteiger partial charge in [0.2, 0.25) is 0 Å². The van der Waals surface area contributed by atoms with Crippen molar-refractivity contribution in [2.45, 2.75) is 13.0 Å². The molecule has 0 bridgehead atoms. The Labute approximate surface area is 68.4 Å². The molecule has 2 N–H and O–H groups in total. The molecule has 1 saturated heterocycles. The maximum absolute atomic E-state index is 8.99. The molecule has 66 valence electrons. The standard InChI is InChI=1S/C8H18N2O/c1-7-3-9-4-8(6-11)10(2)5-7/h7-9,11H,3-6H2,1-2H3. The van der Waals surface area contributed by atoms with Gasteiger partial charge in [-0.05, 0) is 19.5 Å². The zero-order valence-electron chi connectivity index (χ0n) is 7.38. The maximum atomic E-state index is 8.99. The molecule has 1 aliphatic rings. The second-order valence-corrected chi connectivity index (χ2v) is 3.54.